The Kier molecular flexibility index (Phi) is 10.9. The Morgan fingerprint density at radius 2 is 1.81 bits per heavy atom. The second kappa shape index (κ2) is 12.6. The van der Waals surface area contributed by atoms with Crippen molar-refractivity contribution in [3.8, 4) is 17.2 Å². The van der Waals surface area contributed by atoms with Crippen molar-refractivity contribution in [2.24, 2.45) is 12.0 Å². The number of nitrogens with zero attached hydrogens (tertiary/aromatic N) is 3. The number of nitrogens with one attached hydrogen (secondary N) is 2. The average molecular weight is 545 g/mol. The van der Waals surface area contributed by atoms with E-state index in [0.29, 0.717) is 23.8 Å². The summed E-state index contributed by atoms with van der Waals surface area (Å²) >= 11 is 0. The third-order valence-corrected chi connectivity index (χ3v) is 5.25. The van der Waals surface area contributed by atoms with E-state index in [1.807, 2.05) is 23.9 Å². The summed E-state index contributed by atoms with van der Waals surface area (Å²) in [4.78, 5) is 4.35. The summed E-state index contributed by atoms with van der Waals surface area (Å²) in [5, 5.41) is 11.3. The first-order valence-corrected chi connectivity index (χ1v) is 10.1. The van der Waals surface area contributed by atoms with Gasteiger partial charge in [-0.25, -0.2) is 0 Å². The highest BCUT2D eigenvalue weighted by Gasteiger charge is 2.16. The van der Waals surface area contributed by atoms with E-state index < -0.39 is 0 Å². The molecule has 0 saturated heterocycles. The van der Waals surface area contributed by atoms with E-state index in [1.54, 1.807) is 28.4 Å². The van der Waals surface area contributed by atoms with Crippen molar-refractivity contribution in [1.82, 2.24) is 20.4 Å². The molecule has 2 aromatic rings. The van der Waals surface area contributed by atoms with Crippen molar-refractivity contribution in [1.29, 1.82) is 0 Å². The molecular formula is C22H36IN5O3. The second-order valence-electron chi connectivity index (χ2n) is 7.26. The van der Waals surface area contributed by atoms with Gasteiger partial charge in [-0.3, -0.25) is 9.67 Å². The zero-order chi connectivity index (χ0) is 22.3. The summed E-state index contributed by atoms with van der Waals surface area (Å²) in [5.41, 5.74) is 4.59. The van der Waals surface area contributed by atoms with Crippen LogP contribution in [0.15, 0.2) is 17.1 Å². The Morgan fingerprint density at radius 3 is 2.32 bits per heavy atom. The molecule has 31 heavy (non-hydrogen) atoms. The van der Waals surface area contributed by atoms with Crippen LogP contribution in [-0.4, -0.2) is 56.7 Å². The molecule has 0 radical (unpaired) electrons. The van der Waals surface area contributed by atoms with Crippen LogP contribution in [0.3, 0.4) is 0 Å². The maximum absolute atomic E-state index is 5.56. The summed E-state index contributed by atoms with van der Waals surface area (Å²) in [6, 6.07) is 4.10. The normalized spacial score (nSPS) is 12.1. The topological polar surface area (TPSA) is 81.9 Å². The van der Waals surface area contributed by atoms with Crippen molar-refractivity contribution in [3.05, 3.63) is 34.6 Å². The highest BCUT2D eigenvalue weighted by atomic mass is 127. The van der Waals surface area contributed by atoms with E-state index in [2.05, 4.69) is 41.5 Å². The van der Waals surface area contributed by atoms with E-state index in [1.165, 1.54) is 11.3 Å². The van der Waals surface area contributed by atoms with E-state index in [-0.39, 0.29) is 30.0 Å². The summed E-state index contributed by atoms with van der Waals surface area (Å²) in [5.74, 6) is 2.72. The predicted octanol–water partition coefficient (Wildman–Crippen LogP) is 3.02. The molecule has 0 spiro atoms. The van der Waals surface area contributed by atoms with Crippen LogP contribution in [0.2, 0.25) is 0 Å². The lowest BCUT2D eigenvalue weighted by Crippen LogP contribution is -2.43. The summed E-state index contributed by atoms with van der Waals surface area (Å²) in [6.45, 7) is 7.00. The number of guanidine groups is 1. The van der Waals surface area contributed by atoms with Crippen molar-refractivity contribution in [2.75, 3.05) is 34.9 Å². The molecule has 0 aliphatic heterocycles. The minimum Gasteiger partial charge on any atom is -0.493 e. The highest BCUT2D eigenvalue weighted by molar-refractivity contribution is 14.0. The first-order chi connectivity index (χ1) is 14.4. The molecule has 1 unspecified atom stereocenters. The number of hydrogen-bond donors (Lipinski definition) is 2. The van der Waals surface area contributed by atoms with Gasteiger partial charge in [-0.15, -0.1) is 24.0 Å². The van der Waals surface area contributed by atoms with Gasteiger partial charge in [-0.05, 0) is 45.2 Å². The molecular weight excluding hydrogens is 509 g/mol. The molecule has 0 aliphatic carbocycles. The molecule has 0 amide bonds. The summed E-state index contributed by atoms with van der Waals surface area (Å²) < 4.78 is 18.3. The van der Waals surface area contributed by atoms with Crippen LogP contribution in [0.25, 0.3) is 0 Å². The Hall–Kier alpha value is -2.17. The monoisotopic (exact) mass is 545 g/mol. The lowest BCUT2D eigenvalue weighted by molar-refractivity contribution is 0.322. The van der Waals surface area contributed by atoms with Gasteiger partial charge in [0.2, 0.25) is 5.75 Å². The number of halogens is 1. The molecule has 1 heterocycles. The van der Waals surface area contributed by atoms with Gasteiger partial charge >= 0.3 is 0 Å². The molecule has 8 nitrogen and oxygen atoms in total. The Labute approximate surface area is 202 Å². The number of ether oxygens (including phenoxy) is 3. The van der Waals surface area contributed by atoms with Crippen LogP contribution in [0, 0.1) is 13.8 Å². The minimum atomic E-state index is 0. The molecule has 2 rings (SSSR count). The molecule has 9 heteroatoms. The number of hydrogen-bond acceptors (Lipinski definition) is 5. The fourth-order valence-corrected chi connectivity index (χ4v) is 3.57. The molecule has 1 aromatic heterocycles. The van der Waals surface area contributed by atoms with Gasteiger partial charge in [0.25, 0.3) is 0 Å². The molecule has 2 N–H and O–H groups in total. The van der Waals surface area contributed by atoms with Gasteiger partial charge in [0.1, 0.15) is 0 Å². The number of aryl methyl sites for hydroxylation is 2. The molecule has 174 valence electrons. The first kappa shape index (κ1) is 26.9. The Balaban J connectivity index is 0.00000480. The van der Waals surface area contributed by atoms with E-state index in [0.717, 1.165) is 30.1 Å². The van der Waals surface area contributed by atoms with Crippen molar-refractivity contribution in [3.63, 3.8) is 0 Å². The number of aliphatic imine (C=N–C) groups is 1. The fraction of sp³-hybridized carbons (Fsp3) is 0.545. The van der Waals surface area contributed by atoms with Crippen molar-refractivity contribution < 1.29 is 14.2 Å². The van der Waals surface area contributed by atoms with Crippen LogP contribution in [-0.2, 0) is 19.9 Å². The third kappa shape index (κ3) is 6.65. The highest BCUT2D eigenvalue weighted by Crippen LogP contribution is 2.39. The quantitative estimate of drug-likeness (QED) is 0.287. The number of aromatic nitrogens is 2. The molecule has 0 aliphatic rings. The van der Waals surface area contributed by atoms with E-state index in [4.69, 9.17) is 14.2 Å². The molecule has 1 atom stereocenters. The lowest BCUT2D eigenvalue weighted by Gasteiger charge is -2.19. The standard InChI is InChI=1S/C22H35N5O3.HI/c1-14(13-18-15(2)26-27(5)16(18)3)25-22(23-4)24-12-11-17-9-10-19(28-6)21(30-8)20(17)29-7;/h9-10,14H,11-13H2,1-8H3,(H2,23,24,25);1H. The lowest BCUT2D eigenvalue weighted by atomic mass is 10.1. The van der Waals surface area contributed by atoms with Crippen molar-refractivity contribution in [2.45, 2.75) is 39.7 Å². The molecule has 1 aromatic carbocycles. The van der Waals surface area contributed by atoms with Gasteiger partial charge in [0, 0.05) is 37.9 Å². The number of methoxy groups -OCH3 is 3. The van der Waals surface area contributed by atoms with Gasteiger partial charge < -0.3 is 24.8 Å². The fourth-order valence-electron chi connectivity index (χ4n) is 3.57. The van der Waals surface area contributed by atoms with Crippen LogP contribution in [0.5, 0.6) is 17.2 Å². The molecule has 0 saturated carbocycles. The van der Waals surface area contributed by atoms with E-state index >= 15 is 0 Å². The van der Waals surface area contributed by atoms with Gasteiger partial charge in [0.15, 0.2) is 17.5 Å². The maximum atomic E-state index is 5.56. The maximum Gasteiger partial charge on any atom is 0.203 e. The van der Waals surface area contributed by atoms with Crippen LogP contribution >= 0.6 is 24.0 Å². The largest absolute Gasteiger partial charge is 0.493 e. The average Bonchev–Trinajstić information content (AvgIpc) is 2.98. The second-order valence-corrected chi connectivity index (χ2v) is 7.26. The van der Waals surface area contributed by atoms with Gasteiger partial charge in [0.05, 0.1) is 27.0 Å². The number of benzene rings is 1. The summed E-state index contributed by atoms with van der Waals surface area (Å²) in [6.07, 6.45) is 1.63. The van der Waals surface area contributed by atoms with Crippen LogP contribution in [0.4, 0.5) is 0 Å². The zero-order valence-corrected chi connectivity index (χ0v) is 22.2. The SMILES string of the molecule is CN=C(NCCc1ccc(OC)c(OC)c1OC)NC(C)Cc1c(C)nn(C)c1C.I. The van der Waals surface area contributed by atoms with E-state index in [9.17, 15) is 0 Å². The Morgan fingerprint density at radius 1 is 1.13 bits per heavy atom. The third-order valence-electron chi connectivity index (χ3n) is 5.25. The zero-order valence-electron chi connectivity index (χ0n) is 19.8. The molecule has 0 fully saturated rings. The first-order valence-electron chi connectivity index (χ1n) is 10.1. The number of rotatable bonds is 9. The van der Waals surface area contributed by atoms with Crippen LogP contribution < -0.4 is 24.8 Å². The van der Waals surface area contributed by atoms with Gasteiger partial charge in [-0.1, -0.05) is 6.07 Å². The van der Waals surface area contributed by atoms with Gasteiger partial charge in [-0.2, -0.15) is 5.10 Å². The predicted molar refractivity (Wildman–Crippen MR) is 136 cm³/mol. The Bertz CT molecular complexity index is 883. The van der Waals surface area contributed by atoms with Crippen LogP contribution in [0.1, 0.15) is 29.4 Å². The smallest absolute Gasteiger partial charge is 0.203 e. The van der Waals surface area contributed by atoms with Crippen molar-refractivity contribution >= 4 is 29.9 Å². The minimum absolute atomic E-state index is 0. The molecule has 0 bridgehead atoms. The summed E-state index contributed by atoms with van der Waals surface area (Å²) in [7, 11) is 8.62.